The number of nitrogens with one attached hydrogen (secondary N) is 1. The minimum absolute atomic E-state index is 0.759. The molecule has 1 saturated heterocycles. The van der Waals surface area contributed by atoms with Crippen LogP contribution in [0.3, 0.4) is 0 Å². The van der Waals surface area contributed by atoms with Crippen LogP contribution in [0.15, 0.2) is 12.3 Å². The van der Waals surface area contributed by atoms with Crippen molar-refractivity contribution in [2.24, 2.45) is 0 Å². The molecule has 0 unspecified atom stereocenters. The van der Waals surface area contributed by atoms with E-state index in [1.807, 2.05) is 6.07 Å². The Bertz CT molecular complexity index is 312. The van der Waals surface area contributed by atoms with Crippen molar-refractivity contribution in [2.75, 3.05) is 43.1 Å². The first kappa shape index (κ1) is 10.2. The van der Waals surface area contributed by atoms with Crippen LogP contribution < -0.4 is 10.2 Å². The van der Waals surface area contributed by atoms with E-state index in [2.05, 4.69) is 27.1 Å². The fourth-order valence-corrected chi connectivity index (χ4v) is 1.54. The summed E-state index contributed by atoms with van der Waals surface area (Å²) >= 11 is 0. The zero-order chi connectivity index (χ0) is 10.5. The van der Waals surface area contributed by atoms with Crippen LogP contribution in [0.5, 0.6) is 0 Å². The average molecular weight is 208 g/mol. The van der Waals surface area contributed by atoms with Crippen LogP contribution in [-0.2, 0) is 4.74 Å². The summed E-state index contributed by atoms with van der Waals surface area (Å²) < 4.78 is 5.29. The lowest BCUT2D eigenvalue weighted by atomic mass is 10.4. The quantitative estimate of drug-likeness (QED) is 0.794. The number of hydrogen-bond acceptors (Lipinski definition) is 5. The zero-order valence-electron chi connectivity index (χ0n) is 8.94. The number of morpholine rings is 1. The van der Waals surface area contributed by atoms with Crippen LogP contribution in [0.25, 0.3) is 0 Å². The van der Waals surface area contributed by atoms with Gasteiger partial charge < -0.3 is 15.0 Å². The molecule has 5 heteroatoms. The minimum Gasteiger partial charge on any atom is -0.378 e. The smallest absolute Gasteiger partial charge is 0.227 e. The van der Waals surface area contributed by atoms with Gasteiger partial charge in [0, 0.05) is 25.8 Å². The Morgan fingerprint density at radius 1 is 1.47 bits per heavy atom. The van der Waals surface area contributed by atoms with Crippen molar-refractivity contribution in [2.45, 2.75) is 6.92 Å². The number of ether oxygens (including phenoxy) is 1. The summed E-state index contributed by atoms with van der Waals surface area (Å²) in [6, 6.07) is 1.88. The molecule has 0 radical (unpaired) electrons. The van der Waals surface area contributed by atoms with E-state index in [0.717, 1.165) is 44.6 Å². The van der Waals surface area contributed by atoms with Gasteiger partial charge in [-0.1, -0.05) is 0 Å². The van der Waals surface area contributed by atoms with Crippen molar-refractivity contribution in [3.63, 3.8) is 0 Å². The summed E-state index contributed by atoms with van der Waals surface area (Å²) in [5, 5.41) is 3.18. The molecule has 0 aromatic carbocycles. The third-order valence-corrected chi connectivity index (χ3v) is 2.29. The Labute approximate surface area is 89.5 Å². The van der Waals surface area contributed by atoms with Gasteiger partial charge in [-0.3, -0.25) is 0 Å². The van der Waals surface area contributed by atoms with Gasteiger partial charge in [-0.15, -0.1) is 0 Å². The second-order valence-electron chi connectivity index (χ2n) is 3.37. The van der Waals surface area contributed by atoms with Crippen molar-refractivity contribution in [3.05, 3.63) is 12.3 Å². The van der Waals surface area contributed by atoms with E-state index in [4.69, 9.17) is 4.74 Å². The van der Waals surface area contributed by atoms with Crippen LogP contribution in [0, 0.1) is 0 Å². The van der Waals surface area contributed by atoms with Gasteiger partial charge in [-0.2, -0.15) is 4.98 Å². The van der Waals surface area contributed by atoms with Crippen LogP contribution in [0.4, 0.5) is 11.8 Å². The topological polar surface area (TPSA) is 50.3 Å². The van der Waals surface area contributed by atoms with E-state index >= 15 is 0 Å². The van der Waals surface area contributed by atoms with E-state index in [-0.39, 0.29) is 0 Å². The highest BCUT2D eigenvalue weighted by Gasteiger charge is 2.13. The fraction of sp³-hybridized carbons (Fsp3) is 0.600. The van der Waals surface area contributed by atoms with E-state index in [0.29, 0.717) is 0 Å². The van der Waals surface area contributed by atoms with Gasteiger partial charge >= 0.3 is 0 Å². The highest BCUT2D eigenvalue weighted by atomic mass is 16.5. The fourth-order valence-electron chi connectivity index (χ4n) is 1.54. The van der Waals surface area contributed by atoms with Crippen LogP contribution >= 0.6 is 0 Å². The van der Waals surface area contributed by atoms with Crippen LogP contribution in [-0.4, -0.2) is 42.8 Å². The lowest BCUT2D eigenvalue weighted by molar-refractivity contribution is 0.122. The maximum Gasteiger partial charge on any atom is 0.227 e. The second kappa shape index (κ2) is 4.93. The molecule has 0 spiro atoms. The molecule has 1 aliphatic heterocycles. The summed E-state index contributed by atoms with van der Waals surface area (Å²) in [4.78, 5) is 10.8. The number of anilines is 2. The SMILES string of the molecule is CCNc1ccnc(N2CCOCC2)n1. The monoisotopic (exact) mass is 208 g/mol. The molecule has 1 fully saturated rings. The molecular formula is C10H16N4O. The Balaban J connectivity index is 2.09. The molecule has 0 amide bonds. The molecule has 5 nitrogen and oxygen atoms in total. The largest absolute Gasteiger partial charge is 0.378 e. The second-order valence-corrected chi connectivity index (χ2v) is 3.37. The summed E-state index contributed by atoms with van der Waals surface area (Å²) in [7, 11) is 0. The van der Waals surface area contributed by atoms with Crippen LogP contribution in [0.2, 0.25) is 0 Å². The highest BCUT2D eigenvalue weighted by Crippen LogP contribution is 2.11. The Hall–Kier alpha value is -1.36. The highest BCUT2D eigenvalue weighted by molar-refractivity contribution is 5.41. The van der Waals surface area contributed by atoms with Gasteiger partial charge in [0.1, 0.15) is 5.82 Å². The molecule has 0 aliphatic carbocycles. The maximum atomic E-state index is 5.29. The third-order valence-electron chi connectivity index (χ3n) is 2.29. The molecule has 1 aromatic rings. The lowest BCUT2D eigenvalue weighted by Crippen LogP contribution is -2.37. The van der Waals surface area contributed by atoms with Crippen LogP contribution in [0.1, 0.15) is 6.92 Å². The van der Waals surface area contributed by atoms with Gasteiger partial charge in [0.25, 0.3) is 0 Å². The molecule has 15 heavy (non-hydrogen) atoms. The van der Waals surface area contributed by atoms with Crippen molar-refractivity contribution in [1.29, 1.82) is 0 Å². The van der Waals surface area contributed by atoms with Crippen molar-refractivity contribution >= 4 is 11.8 Å². The van der Waals surface area contributed by atoms with E-state index in [1.165, 1.54) is 0 Å². The molecule has 2 rings (SSSR count). The predicted octanol–water partition coefficient (Wildman–Crippen LogP) is 0.745. The summed E-state index contributed by atoms with van der Waals surface area (Å²) in [6.07, 6.45) is 1.79. The van der Waals surface area contributed by atoms with Gasteiger partial charge in [-0.05, 0) is 13.0 Å². The van der Waals surface area contributed by atoms with E-state index in [9.17, 15) is 0 Å². The number of hydrogen-bond donors (Lipinski definition) is 1. The number of aromatic nitrogens is 2. The van der Waals surface area contributed by atoms with Crippen molar-refractivity contribution in [1.82, 2.24) is 9.97 Å². The molecular weight excluding hydrogens is 192 g/mol. The molecule has 2 heterocycles. The van der Waals surface area contributed by atoms with Crippen molar-refractivity contribution < 1.29 is 4.74 Å². The van der Waals surface area contributed by atoms with Gasteiger partial charge in [0.15, 0.2) is 0 Å². The van der Waals surface area contributed by atoms with Gasteiger partial charge in [0.2, 0.25) is 5.95 Å². The van der Waals surface area contributed by atoms with Crippen molar-refractivity contribution in [3.8, 4) is 0 Å². The molecule has 1 aliphatic rings. The first-order valence-corrected chi connectivity index (χ1v) is 5.30. The van der Waals surface area contributed by atoms with E-state index in [1.54, 1.807) is 6.20 Å². The zero-order valence-corrected chi connectivity index (χ0v) is 8.94. The average Bonchev–Trinajstić information content (AvgIpc) is 2.31. The predicted molar refractivity (Wildman–Crippen MR) is 59.2 cm³/mol. The van der Waals surface area contributed by atoms with Gasteiger partial charge in [-0.25, -0.2) is 4.98 Å². The molecule has 1 N–H and O–H groups in total. The number of nitrogens with zero attached hydrogens (tertiary/aromatic N) is 3. The first-order chi connectivity index (χ1) is 7.40. The van der Waals surface area contributed by atoms with Gasteiger partial charge in [0.05, 0.1) is 13.2 Å². The maximum absolute atomic E-state index is 5.29. The number of rotatable bonds is 3. The standard InChI is InChI=1S/C10H16N4O/c1-2-11-9-3-4-12-10(13-9)14-5-7-15-8-6-14/h3-4H,2,5-8H2,1H3,(H,11,12,13). The van der Waals surface area contributed by atoms with E-state index < -0.39 is 0 Å². The Morgan fingerprint density at radius 3 is 3.00 bits per heavy atom. The Morgan fingerprint density at radius 2 is 2.27 bits per heavy atom. The molecule has 0 bridgehead atoms. The molecule has 82 valence electrons. The summed E-state index contributed by atoms with van der Waals surface area (Å²) in [5.74, 6) is 1.67. The summed E-state index contributed by atoms with van der Waals surface area (Å²) in [6.45, 7) is 6.19. The Kier molecular flexibility index (Phi) is 3.34. The molecule has 0 saturated carbocycles. The molecule has 1 aromatic heterocycles. The lowest BCUT2D eigenvalue weighted by Gasteiger charge is -2.26. The summed E-state index contributed by atoms with van der Waals surface area (Å²) in [5.41, 5.74) is 0. The first-order valence-electron chi connectivity index (χ1n) is 5.30. The molecule has 0 atom stereocenters. The normalized spacial score (nSPS) is 16.5. The third kappa shape index (κ3) is 2.56. The minimum atomic E-state index is 0.759.